The van der Waals surface area contributed by atoms with E-state index in [1.54, 1.807) is 49.7 Å². The summed E-state index contributed by atoms with van der Waals surface area (Å²) in [6.45, 7) is 5.10. The van der Waals surface area contributed by atoms with Crippen LogP contribution in [0.15, 0.2) is 77.8 Å². The van der Waals surface area contributed by atoms with Gasteiger partial charge in [-0.2, -0.15) is 10.2 Å². The maximum absolute atomic E-state index is 14.6. The lowest BCUT2D eigenvalue weighted by Crippen LogP contribution is -2.33. The van der Waals surface area contributed by atoms with Gasteiger partial charge in [-0.25, -0.2) is 37.4 Å². The first-order chi connectivity index (χ1) is 30.0. The highest BCUT2D eigenvalue weighted by molar-refractivity contribution is 9.10. The Hall–Kier alpha value is -5.92. The molecule has 4 saturated heterocycles. The Balaban J connectivity index is 0.000000186. The standard InChI is InChI=1S/C22H25FN6O2.C21H22BrFN6O2.2CH4/c1-14-4-5-16(17(23)11-14)19-3-2-8-28(19)20-7-10-29-21(26-20)18(12-24-29)25-22(31)27-9-6-15(30)13-27;22-13-3-4-15(16(23)10-13)18-2-1-7-28(18)19-6-9-29-20(26-19)17(11-24-29)25-21(31)27-8-5-14(30)12-27;;/h4-5,7,10-12,15,19,30H,2-3,6,8-9,13H2,1H3,(H,25,31);3-4,6,9-11,14,18,30H,1-2,5,7-8,12H2,(H,25,31);2*1H4/t15-,19+;14-,18+;;/m00../s1. The molecule has 4 N–H and O–H groups in total. The minimum Gasteiger partial charge on any atom is -0.391 e. The van der Waals surface area contributed by atoms with E-state index in [9.17, 15) is 28.6 Å². The van der Waals surface area contributed by atoms with Crippen LogP contribution in [0.2, 0.25) is 0 Å². The molecule has 0 aliphatic carbocycles. The summed E-state index contributed by atoms with van der Waals surface area (Å²) < 4.78 is 33.2. The molecule has 0 bridgehead atoms. The summed E-state index contributed by atoms with van der Waals surface area (Å²) in [5.74, 6) is 1.01. The van der Waals surface area contributed by atoms with Gasteiger partial charge >= 0.3 is 12.1 Å². The number of carbonyl (C=O) groups excluding carboxylic acids is 2. The number of nitrogens with one attached hydrogen (secondary N) is 2. The first-order valence-corrected chi connectivity index (χ1v) is 21.7. The van der Waals surface area contributed by atoms with E-state index >= 15 is 0 Å². The second-order valence-electron chi connectivity index (χ2n) is 16.3. The van der Waals surface area contributed by atoms with Crippen molar-refractivity contribution in [3.8, 4) is 0 Å². The van der Waals surface area contributed by atoms with Crippen molar-refractivity contribution >= 4 is 62.3 Å². The Morgan fingerprint density at radius 2 is 1.14 bits per heavy atom. The minimum absolute atomic E-state index is 0. The van der Waals surface area contributed by atoms with Crippen LogP contribution < -0.4 is 20.4 Å². The van der Waals surface area contributed by atoms with Crippen molar-refractivity contribution in [2.75, 3.05) is 59.7 Å². The molecule has 4 amide bonds. The maximum Gasteiger partial charge on any atom is 0.322 e. The van der Waals surface area contributed by atoms with Gasteiger partial charge in [-0.1, -0.05) is 49.0 Å². The zero-order valence-corrected chi connectivity index (χ0v) is 35.6. The minimum atomic E-state index is -0.481. The fraction of sp³-hybridized carbons (Fsp3) is 0.422. The molecule has 340 valence electrons. The highest BCUT2D eigenvalue weighted by Gasteiger charge is 2.32. The topological polar surface area (TPSA) is 172 Å². The molecular weight excluding hydrogens is 890 g/mol. The fourth-order valence-electron chi connectivity index (χ4n) is 8.86. The summed E-state index contributed by atoms with van der Waals surface area (Å²) in [5, 5.41) is 33.6. The van der Waals surface area contributed by atoms with Gasteiger partial charge in [-0.3, -0.25) is 0 Å². The lowest BCUT2D eigenvalue weighted by molar-refractivity contribution is 0.176. The molecule has 4 fully saturated rings. The number of hydrogen-bond donors (Lipinski definition) is 4. The Kier molecular flexibility index (Phi) is 14.0. The van der Waals surface area contributed by atoms with Gasteiger partial charge in [0.1, 0.15) is 34.6 Å². The van der Waals surface area contributed by atoms with Crippen LogP contribution in [0.5, 0.6) is 0 Å². The third-order valence-corrected chi connectivity index (χ3v) is 12.5. The molecule has 10 rings (SSSR count). The van der Waals surface area contributed by atoms with E-state index in [4.69, 9.17) is 9.97 Å². The Bertz CT molecular complexity index is 2450. The van der Waals surface area contributed by atoms with E-state index < -0.39 is 12.2 Å². The number of fused-ring (bicyclic) bond motifs is 2. The van der Waals surface area contributed by atoms with Crippen LogP contribution in [-0.2, 0) is 0 Å². The van der Waals surface area contributed by atoms with Gasteiger partial charge in [0.15, 0.2) is 11.3 Å². The van der Waals surface area contributed by atoms with Crippen LogP contribution in [0.4, 0.5) is 41.4 Å². The van der Waals surface area contributed by atoms with Crippen LogP contribution in [-0.4, -0.2) is 113 Å². The molecule has 19 heteroatoms. The second kappa shape index (κ2) is 19.4. The van der Waals surface area contributed by atoms with Crippen LogP contribution in [0.1, 0.15) is 82.2 Å². The molecule has 2 aromatic carbocycles. The van der Waals surface area contributed by atoms with Crippen LogP contribution in [0.25, 0.3) is 11.3 Å². The Morgan fingerprint density at radius 1 is 0.672 bits per heavy atom. The van der Waals surface area contributed by atoms with Crippen molar-refractivity contribution in [2.45, 2.75) is 84.6 Å². The number of urea groups is 2. The smallest absolute Gasteiger partial charge is 0.322 e. The number of carbonyl (C=O) groups is 2. The monoisotopic (exact) mass is 944 g/mol. The Morgan fingerprint density at radius 3 is 1.58 bits per heavy atom. The van der Waals surface area contributed by atoms with Crippen molar-refractivity contribution in [1.29, 1.82) is 0 Å². The van der Waals surface area contributed by atoms with Gasteiger partial charge in [-0.15, -0.1) is 0 Å². The number of aromatic nitrogens is 6. The molecule has 4 aliphatic heterocycles. The molecule has 64 heavy (non-hydrogen) atoms. The molecule has 0 saturated carbocycles. The van der Waals surface area contributed by atoms with Crippen LogP contribution >= 0.6 is 15.9 Å². The van der Waals surface area contributed by atoms with E-state index in [0.29, 0.717) is 83.1 Å². The number of rotatable bonds is 6. The number of benzene rings is 2. The molecular formula is C45H55BrF2N12O4. The van der Waals surface area contributed by atoms with Gasteiger partial charge in [-0.05, 0) is 81.3 Å². The third-order valence-electron chi connectivity index (χ3n) is 12.0. The van der Waals surface area contributed by atoms with Crippen LogP contribution in [0.3, 0.4) is 0 Å². The molecule has 6 aromatic rings. The summed E-state index contributed by atoms with van der Waals surface area (Å²) in [4.78, 5) is 41.9. The van der Waals surface area contributed by atoms with Gasteiger partial charge in [0.05, 0.1) is 36.7 Å². The van der Waals surface area contributed by atoms with Gasteiger partial charge in [0.2, 0.25) is 0 Å². The largest absolute Gasteiger partial charge is 0.391 e. The summed E-state index contributed by atoms with van der Waals surface area (Å²) in [6, 6.07) is 13.5. The number of amides is 4. The predicted molar refractivity (Wildman–Crippen MR) is 246 cm³/mol. The zero-order chi connectivity index (χ0) is 43.1. The number of likely N-dealkylation sites (tertiary alicyclic amines) is 2. The lowest BCUT2D eigenvalue weighted by Gasteiger charge is -2.26. The highest BCUT2D eigenvalue weighted by atomic mass is 79.9. The second-order valence-corrected chi connectivity index (χ2v) is 17.2. The van der Waals surface area contributed by atoms with E-state index in [0.717, 1.165) is 50.2 Å². The summed E-state index contributed by atoms with van der Waals surface area (Å²) in [5.41, 5.74) is 4.28. The van der Waals surface area contributed by atoms with Crippen molar-refractivity contribution in [3.05, 3.63) is 106 Å². The first-order valence-electron chi connectivity index (χ1n) is 20.9. The molecule has 16 nitrogen and oxygen atoms in total. The van der Waals surface area contributed by atoms with Crippen molar-refractivity contribution < 1.29 is 28.6 Å². The van der Waals surface area contributed by atoms with Crippen LogP contribution in [0, 0.1) is 18.6 Å². The first kappa shape index (κ1) is 46.1. The number of aliphatic hydroxyl groups is 2. The third kappa shape index (κ3) is 9.46. The average Bonchev–Trinajstić information content (AvgIpc) is 4.12. The molecule has 4 aromatic heterocycles. The van der Waals surface area contributed by atoms with Gasteiger partial charge in [0, 0.05) is 67.3 Å². The number of aliphatic hydroxyl groups excluding tert-OH is 2. The van der Waals surface area contributed by atoms with E-state index in [1.165, 1.54) is 6.07 Å². The zero-order valence-electron chi connectivity index (χ0n) is 34.0. The number of nitrogens with zero attached hydrogens (tertiary/aromatic N) is 10. The van der Waals surface area contributed by atoms with E-state index in [1.807, 2.05) is 43.3 Å². The average molecular weight is 946 g/mol. The number of halogens is 3. The quantitative estimate of drug-likeness (QED) is 0.128. The summed E-state index contributed by atoms with van der Waals surface area (Å²) >= 11 is 3.32. The van der Waals surface area contributed by atoms with E-state index in [2.05, 4.69) is 46.6 Å². The molecule has 0 unspecified atom stereocenters. The Labute approximate surface area is 379 Å². The van der Waals surface area contributed by atoms with Crippen molar-refractivity contribution in [2.24, 2.45) is 0 Å². The van der Waals surface area contributed by atoms with Crippen molar-refractivity contribution in [3.63, 3.8) is 0 Å². The number of β-amino-alcohol motifs (C(OH)–C–C–N with tert-alkyl or cyclic N) is 2. The van der Waals surface area contributed by atoms with Gasteiger partial charge in [0.25, 0.3) is 0 Å². The molecule has 0 radical (unpaired) electrons. The maximum atomic E-state index is 14.6. The number of hydrogen-bond acceptors (Lipinski definition) is 10. The summed E-state index contributed by atoms with van der Waals surface area (Å²) in [7, 11) is 0. The normalized spacial score (nSPS) is 20.6. The number of aryl methyl sites for hydroxylation is 1. The molecule has 8 heterocycles. The number of anilines is 4. The predicted octanol–water partition coefficient (Wildman–Crippen LogP) is 7.96. The van der Waals surface area contributed by atoms with E-state index in [-0.39, 0.29) is 50.6 Å². The SMILES string of the molecule is C.C.Cc1ccc([C@H]2CCCN2c2ccn3ncc(NC(=O)N4CC[C@H](O)C4)c3n2)c(F)c1.O=C(Nc1cnn2ccc(N3CCC[C@@H]3c3ccc(Br)cc3F)nc12)N1CC[C@H](O)C1. The van der Waals surface area contributed by atoms with Gasteiger partial charge < -0.3 is 40.4 Å². The molecule has 4 atom stereocenters. The lowest BCUT2D eigenvalue weighted by atomic mass is 10.0. The fourth-order valence-corrected chi connectivity index (χ4v) is 9.19. The molecule has 4 aliphatic rings. The highest BCUT2D eigenvalue weighted by Crippen LogP contribution is 2.39. The summed E-state index contributed by atoms with van der Waals surface area (Å²) in [6.07, 6.45) is 10.5. The molecule has 0 spiro atoms. The van der Waals surface area contributed by atoms with Crippen molar-refractivity contribution in [1.82, 2.24) is 39.0 Å².